The summed E-state index contributed by atoms with van der Waals surface area (Å²) in [6, 6.07) is 6.38. The monoisotopic (exact) mass is 323 g/mol. The first-order valence-corrected chi connectivity index (χ1v) is 7.24. The van der Waals surface area contributed by atoms with Gasteiger partial charge in [0.25, 0.3) is 0 Å². The zero-order chi connectivity index (χ0) is 13.0. The molecule has 0 saturated carbocycles. The van der Waals surface area contributed by atoms with Crippen LogP contribution in [0.2, 0.25) is 0 Å². The maximum Gasteiger partial charge on any atom is 0.119 e. The van der Waals surface area contributed by atoms with Gasteiger partial charge in [0.15, 0.2) is 0 Å². The van der Waals surface area contributed by atoms with Crippen LogP contribution in [0.5, 0.6) is 0 Å². The second-order valence-electron chi connectivity index (χ2n) is 4.08. The van der Waals surface area contributed by atoms with E-state index in [0.29, 0.717) is 0 Å². The van der Waals surface area contributed by atoms with Gasteiger partial charge in [0, 0.05) is 27.8 Å². The Kier molecular flexibility index (Phi) is 4.74. The minimum Gasteiger partial charge on any atom is -0.328 e. The fourth-order valence-corrected chi connectivity index (χ4v) is 3.02. The molecular formula is C13H14BrN3S. The van der Waals surface area contributed by atoms with Gasteiger partial charge in [-0.1, -0.05) is 33.8 Å². The lowest BCUT2D eigenvalue weighted by atomic mass is 10.1. The lowest BCUT2D eigenvalue weighted by Gasteiger charge is -2.11. The Morgan fingerprint density at radius 3 is 2.89 bits per heavy atom. The molecule has 0 aliphatic heterocycles. The van der Waals surface area contributed by atoms with E-state index < -0.39 is 0 Å². The molecule has 3 nitrogen and oxygen atoms in total. The number of nitrogens with zero attached hydrogens (tertiary/aromatic N) is 2. The Morgan fingerprint density at radius 1 is 1.39 bits per heavy atom. The SMILES string of the molecule is CC(N)Cc1ccc(Br)cc1Sc1cnccn1. The van der Waals surface area contributed by atoms with Crippen molar-refractivity contribution in [3.05, 3.63) is 46.8 Å². The molecule has 0 amide bonds. The van der Waals surface area contributed by atoms with Gasteiger partial charge in [-0.05, 0) is 31.0 Å². The quantitative estimate of drug-likeness (QED) is 0.938. The fourth-order valence-electron chi connectivity index (χ4n) is 1.59. The summed E-state index contributed by atoms with van der Waals surface area (Å²) in [5.41, 5.74) is 7.12. The maximum atomic E-state index is 5.88. The van der Waals surface area contributed by atoms with Crippen LogP contribution in [0, 0.1) is 0 Å². The molecule has 1 aromatic carbocycles. The van der Waals surface area contributed by atoms with Crippen molar-refractivity contribution >= 4 is 27.7 Å². The molecule has 2 aromatic rings. The molecule has 1 aromatic heterocycles. The lowest BCUT2D eigenvalue weighted by molar-refractivity contribution is 0.729. The first kappa shape index (κ1) is 13.5. The average Bonchev–Trinajstić information content (AvgIpc) is 2.33. The highest BCUT2D eigenvalue weighted by molar-refractivity contribution is 9.10. The predicted octanol–water partition coefficient (Wildman–Crippen LogP) is 3.28. The third kappa shape index (κ3) is 3.80. The molecule has 0 aliphatic rings. The third-order valence-corrected chi connectivity index (χ3v) is 3.84. The Bertz CT molecular complexity index is 517. The lowest BCUT2D eigenvalue weighted by Crippen LogP contribution is -2.18. The highest BCUT2D eigenvalue weighted by Gasteiger charge is 2.08. The van der Waals surface area contributed by atoms with Crippen LogP contribution >= 0.6 is 27.7 Å². The smallest absolute Gasteiger partial charge is 0.119 e. The molecule has 5 heteroatoms. The van der Waals surface area contributed by atoms with E-state index >= 15 is 0 Å². The van der Waals surface area contributed by atoms with Crippen LogP contribution < -0.4 is 5.73 Å². The van der Waals surface area contributed by atoms with Crippen LogP contribution in [0.4, 0.5) is 0 Å². The molecule has 0 radical (unpaired) electrons. The van der Waals surface area contributed by atoms with E-state index in [1.165, 1.54) is 10.5 Å². The Labute approximate surface area is 119 Å². The van der Waals surface area contributed by atoms with Crippen molar-refractivity contribution in [3.8, 4) is 0 Å². The zero-order valence-corrected chi connectivity index (χ0v) is 12.4. The molecule has 0 spiro atoms. The topological polar surface area (TPSA) is 51.8 Å². The number of hydrogen-bond donors (Lipinski definition) is 1. The number of nitrogens with two attached hydrogens (primary N) is 1. The molecule has 0 aliphatic carbocycles. The average molecular weight is 324 g/mol. The molecule has 2 N–H and O–H groups in total. The largest absolute Gasteiger partial charge is 0.328 e. The van der Waals surface area contributed by atoms with Crippen LogP contribution in [0.3, 0.4) is 0 Å². The molecule has 2 rings (SSSR count). The maximum absolute atomic E-state index is 5.88. The second-order valence-corrected chi connectivity index (χ2v) is 6.06. The third-order valence-electron chi connectivity index (χ3n) is 2.33. The fraction of sp³-hybridized carbons (Fsp3) is 0.231. The van der Waals surface area contributed by atoms with Crippen molar-refractivity contribution in [3.63, 3.8) is 0 Å². The summed E-state index contributed by atoms with van der Waals surface area (Å²) in [6.07, 6.45) is 6.00. The number of aromatic nitrogens is 2. The first-order chi connectivity index (χ1) is 8.65. The van der Waals surface area contributed by atoms with E-state index in [-0.39, 0.29) is 6.04 Å². The molecule has 94 valence electrons. The number of halogens is 1. The van der Waals surface area contributed by atoms with Crippen molar-refractivity contribution in [1.82, 2.24) is 9.97 Å². The van der Waals surface area contributed by atoms with Crippen LogP contribution in [-0.4, -0.2) is 16.0 Å². The van der Waals surface area contributed by atoms with E-state index in [1.54, 1.807) is 30.4 Å². The Hall–Kier alpha value is -0.910. The summed E-state index contributed by atoms with van der Waals surface area (Å²) in [4.78, 5) is 9.52. The van der Waals surface area contributed by atoms with Crippen molar-refractivity contribution in [2.45, 2.75) is 29.3 Å². The molecule has 1 unspecified atom stereocenters. The van der Waals surface area contributed by atoms with E-state index in [9.17, 15) is 0 Å². The van der Waals surface area contributed by atoms with Gasteiger partial charge in [-0.3, -0.25) is 4.98 Å². The van der Waals surface area contributed by atoms with Crippen molar-refractivity contribution in [1.29, 1.82) is 0 Å². The van der Waals surface area contributed by atoms with Crippen molar-refractivity contribution in [2.24, 2.45) is 5.73 Å². The summed E-state index contributed by atoms with van der Waals surface area (Å²) in [5.74, 6) is 0. The minimum absolute atomic E-state index is 0.146. The van der Waals surface area contributed by atoms with Crippen LogP contribution in [0.25, 0.3) is 0 Å². The molecule has 1 heterocycles. The Balaban J connectivity index is 2.27. The van der Waals surface area contributed by atoms with E-state index in [2.05, 4.69) is 38.0 Å². The van der Waals surface area contributed by atoms with E-state index in [4.69, 9.17) is 5.73 Å². The highest BCUT2D eigenvalue weighted by Crippen LogP contribution is 2.31. The van der Waals surface area contributed by atoms with Gasteiger partial charge in [0.05, 0.1) is 6.20 Å². The van der Waals surface area contributed by atoms with Gasteiger partial charge in [-0.15, -0.1) is 0 Å². The van der Waals surface area contributed by atoms with Crippen LogP contribution in [-0.2, 0) is 6.42 Å². The number of hydrogen-bond acceptors (Lipinski definition) is 4. The molecule has 0 bridgehead atoms. The van der Waals surface area contributed by atoms with Gasteiger partial charge in [-0.2, -0.15) is 0 Å². The molecule has 0 saturated heterocycles. The van der Waals surface area contributed by atoms with Gasteiger partial charge >= 0.3 is 0 Å². The number of benzene rings is 1. The molecule has 0 fully saturated rings. The molecular weight excluding hydrogens is 310 g/mol. The van der Waals surface area contributed by atoms with Crippen molar-refractivity contribution < 1.29 is 0 Å². The van der Waals surface area contributed by atoms with Gasteiger partial charge in [-0.25, -0.2) is 4.98 Å². The van der Waals surface area contributed by atoms with E-state index in [0.717, 1.165) is 15.9 Å². The Morgan fingerprint density at radius 2 is 2.22 bits per heavy atom. The summed E-state index contributed by atoms with van der Waals surface area (Å²) in [6.45, 7) is 2.01. The highest BCUT2D eigenvalue weighted by atomic mass is 79.9. The summed E-state index contributed by atoms with van der Waals surface area (Å²) < 4.78 is 1.06. The standard InChI is InChI=1S/C13H14BrN3S/c1-9(15)6-10-2-3-11(14)7-12(10)18-13-8-16-4-5-17-13/h2-5,7-9H,6,15H2,1H3. The predicted molar refractivity (Wildman–Crippen MR) is 77.7 cm³/mol. The molecule has 1 atom stereocenters. The van der Waals surface area contributed by atoms with Crippen LogP contribution in [0.1, 0.15) is 12.5 Å². The van der Waals surface area contributed by atoms with Crippen molar-refractivity contribution in [2.75, 3.05) is 0 Å². The summed E-state index contributed by atoms with van der Waals surface area (Å²) in [7, 11) is 0. The summed E-state index contributed by atoms with van der Waals surface area (Å²) >= 11 is 5.11. The van der Waals surface area contributed by atoms with Gasteiger partial charge in [0.1, 0.15) is 5.03 Å². The zero-order valence-electron chi connectivity index (χ0n) is 10.0. The number of rotatable bonds is 4. The van der Waals surface area contributed by atoms with E-state index in [1.807, 2.05) is 13.0 Å². The molecule has 18 heavy (non-hydrogen) atoms. The second kappa shape index (κ2) is 6.31. The minimum atomic E-state index is 0.146. The summed E-state index contributed by atoms with van der Waals surface area (Å²) in [5, 5.41) is 0.890. The normalized spacial score (nSPS) is 12.4. The van der Waals surface area contributed by atoms with Crippen LogP contribution in [0.15, 0.2) is 51.2 Å². The van der Waals surface area contributed by atoms with Gasteiger partial charge < -0.3 is 5.73 Å². The first-order valence-electron chi connectivity index (χ1n) is 5.63. The van der Waals surface area contributed by atoms with Gasteiger partial charge in [0.2, 0.25) is 0 Å².